The van der Waals surface area contributed by atoms with Gasteiger partial charge in [-0.15, -0.1) is 0 Å². The summed E-state index contributed by atoms with van der Waals surface area (Å²) < 4.78 is 131. The number of benzene rings is 16. The quantitative estimate of drug-likeness (QED) is 0.126. The van der Waals surface area contributed by atoms with Crippen LogP contribution in [-0.2, 0) is 0 Å². The van der Waals surface area contributed by atoms with Crippen LogP contribution in [-0.4, -0.2) is 0 Å². The molecule has 0 radical (unpaired) electrons. The van der Waals surface area contributed by atoms with Crippen molar-refractivity contribution < 1.29 is 22.5 Å². The van der Waals surface area contributed by atoms with Crippen molar-refractivity contribution in [2.45, 2.75) is 0 Å². The van der Waals surface area contributed by atoms with Crippen LogP contribution in [0.3, 0.4) is 0 Å². The molecular formula is C80H50F2N2. The molecule has 4 heteroatoms. The molecule has 0 aliphatic heterocycles. The van der Waals surface area contributed by atoms with E-state index in [2.05, 4.69) is 0 Å². The molecule has 0 aliphatic carbocycles. The minimum Gasteiger partial charge on any atom is -0.307 e. The van der Waals surface area contributed by atoms with E-state index < -0.39 is 72.1 Å². The standard InChI is InChI=1S/C80H50F2N2/c81-71-47-45-67(63-35-15-23-51-19-7-11-31-59(51)63)77(65-37-17-25-53-21-9-13-33-61(53)65)79(71)83(57-27-3-1-4-28-57)73-49-41-55-40-44-70-74(50-42-56-39-43-69(73)75(55)76(56)70)84(58-29-5-2-6-30-58)80-72(82)48-46-68(64-36-16-24-52-20-8-12-32-60(52)64)78(80)66-38-18-26-54-22-10-14-34-62(54)66/h1-50H/i1D,2D,3D,4D,5D,6D,27D,28D,29D,30D. The van der Waals surface area contributed by atoms with Gasteiger partial charge in [0, 0.05) is 33.3 Å². The van der Waals surface area contributed by atoms with Gasteiger partial charge in [0.1, 0.15) is 11.6 Å². The van der Waals surface area contributed by atoms with Crippen LogP contribution in [0, 0.1) is 11.6 Å². The van der Waals surface area contributed by atoms with Crippen molar-refractivity contribution in [1.29, 1.82) is 0 Å². The number of halogens is 2. The lowest BCUT2D eigenvalue weighted by atomic mass is 9.86. The third-order valence-electron chi connectivity index (χ3n) is 16.5. The Morgan fingerprint density at radius 3 is 0.952 bits per heavy atom. The molecule has 394 valence electrons. The summed E-state index contributed by atoms with van der Waals surface area (Å²) >= 11 is 0. The number of rotatable bonds is 10. The fourth-order valence-electron chi connectivity index (χ4n) is 12.9. The smallest absolute Gasteiger partial charge is 0.147 e. The Bertz CT molecular complexity index is 5460. The molecular weight excluding hydrogens is 1030 g/mol. The summed E-state index contributed by atoms with van der Waals surface area (Å²) in [5.74, 6) is -1.51. The third kappa shape index (κ3) is 7.83. The first-order valence-electron chi connectivity index (χ1n) is 32.7. The van der Waals surface area contributed by atoms with Crippen molar-refractivity contribution in [2.75, 3.05) is 9.80 Å². The molecule has 16 aromatic rings. The Hall–Kier alpha value is -10.9. The maximum absolute atomic E-state index is 18.6. The van der Waals surface area contributed by atoms with Gasteiger partial charge in [-0.25, -0.2) is 8.78 Å². The van der Waals surface area contributed by atoms with Crippen LogP contribution in [0.15, 0.2) is 303 Å². The van der Waals surface area contributed by atoms with E-state index in [-0.39, 0.29) is 34.1 Å². The van der Waals surface area contributed by atoms with E-state index in [4.69, 9.17) is 2.74 Å². The average Bonchev–Trinajstić information content (AvgIpc) is 0.712. The van der Waals surface area contributed by atoms with E-state index in [1.807, 2.05) is 206 Å². The van der Waals surface area contributed by atoms with Crippen LogP contribution < -0.4 is 9.80 Å². The largest absolute Gasteiger partial charge is 0.307 e. The van der Waals surface area contributed by atoms with E-state index in [1.54, 1.807) is 24.3 Å². The van der Waals surface area contributed by atoms with Crippen molar-refractivity contribution in [3.05, 3.63) is 315 Å². The normalized spacial score (nSPS) is 13.4. The molecule has 2 nitrogen and oxygen atoms in total. The zero-order valence-electron chi connectivity index (χ0n) is 54.7. The lowest BCUT2D eigenvalue weighted by Crippen LogP contribution is -2.15. The summed E-state index contributed by atoms with van der Waals surface area (Å²) in [7, 11) is 0. The van der Waals surface area contributed by atoms with Gasteiger partial charge < -0.3 is 9.80 Å². The molecule has 0 N–H and O–H groups in total. The first-order valence-corrected chi connectivity index (χ1v) is 27.7. The van der Waals surface area contributed by atoms with E-state index in [9.17, 15) is 11.0 Å². The fourth-order valence-corrected chi connectivity index (χ4v) is 12.9. The second kappa shape index (κ2) is 19.9. The summed E-state index contributed by atoms with van der Waals surface area (Å²) in [4.78, 5) is 2.94. The fraction of sp³-hybridized carbons (Fsp3) is 0. The molecule has 0 spiro atoms. The number of hydrogen-bond acceptors (Lipinski definition) is 2. The van der Waals surface area contributed by atoms with Gasteiger partial charge >= 0.3 is 0 Å². The number of hydrogen-bond donors (Lipinski definition) is 0. The maximum Gasteiger partial charge on any atom is 0.147 e. The van der Waals surface area contributed by atoms with Crippen LogP contribution in [0.25, 0.3) is 120 Å². The van der Waals surface area contributed by atoms with E-state index in [1.165, 1.54) is 21.9 Å². The molecule has 0 unspecified atom stereocenters. The molecule has 0 heterocycles. The lowest BCUT2D eigenvalue weighted by Gasteiger charge is -2.32. The molecule has 0 bridgehead atoms. The maximum atomic E-state index is 18.6. The SMILES string of the molecule is [2H]c1c([2H])c([2H])c(N(c2c(F)ccc(-c3cccc4ccccc34)c2-c2cccc3ccccc23)c2ccc3ccc4c(N(c5c([2H])c([2H])c([2H])c([2H])c5[2H])c5c(F)ccc(-c6cccc7ccccc67)c5-c5cccc6ccccc56)ccc5ccc2c3c54)c([2H])c1[2H]. The van der Waals surface area contributed by atoms with Gasteiger partial charge in [0.15, 0.2) is 0 Å². The van der Waals surface area contributed by atoms with Crippen LogP contribution >= 0.6 is 0 Å². The van der Waals surface area contributed by atoms with Crippen molar-refractivity contribution in [1.82, 2.24) is 0 Å². The Labute approximate surface area is 499 Å². The molecule has 0 saturated heterocycles. The van der Waals surface area contributed by atoms with E-state index in [0.717, 1.165) is 54.2 Å². The first kappa shape index (κ1) is 39.5. The Morgan fingerprint density at radius 1 is 0.250 bits per heavy atom. The highest BCUT2D eigenvalue weighted by Crippen LogP contribution is 2.55. The van der Waals surface area contributed by atoms with E-state index >= 15 is 8.78 Å². The van der Waals surface area contributed by atoms with Gasteiger partial charge in [-0.05, 0) is 146 Å². The Kier molecular flexibility index (Phi) is 9.37. The number of nitrogens with zero attached hydrogens (tertiary/aromatic N) is 2. The molecule has 16 rings (SSSR count). The number of fused-ring (bicyclic) bond motifs is 4. The van der Waals surface area contributed by atoms with Crippen molar-refractivity contribution in [2.24, 2.45) is 0 Å². The summed E-state index contributed by atoms with van der Waals surface area (Å²) in [6.45, 7) is 0. The Morgan fingerprint density at radius 2 is 0.571 bits per heavy atom. The zero-order chi connectivity index (χ0) is 64.5. The predicted octanol–water partition coefficient (Wildman–Crippen LogP) is 23.1. The molecule has 84 heavy (non-hydrogen) atoms. The number of anilines is 6. The third-order valence-corrected chi connectivity index (χ3v) is 16.5. The van der Waals surface area contributed by atoms with Gasteiger partial charge in [-0.1, -0.05) is 255 Å². The predicted molar refractivity (Wildman–Crippen MR) is 351 cm³/mol. The highest BCUT2D eigenvalue weighted by atomic mass is 19.1. The zero-order valence-corrected chi connectivity index (χ0v) is 44.7. The summed E-state index contributed by atoms with van der Waals surface area (Å²) in [6.07, 6.45) is 0. The molecule has 16 aromatic carbocycles. The monoisotopic (exact) mass is 1090 g/mol. The summed E-state index contributed by atoms with van der Waals surface area (Å²) in [6, 6.07) is 69.5. The van der Waals surface area contributed by atoms with Crippen LogP contribution in [0.2, 0.25) is 0 Å². The van der Waals surface area contributed by atoms with Crippen LogP contribution in [0.1, 0.15) is 13.7 Å². The second-order valence-electron chi connectivity index (χ2n) is 21.0. The van der Waals surface area contributed by atoms with Crippen molar-refractivity contribution >= 4 is 110 Å². The molecule has 0 fully saturated rings. The number of para-hydroxylation sites is 2. The average molecular weight is 1090 g/mol. The minimum absolute atomic E-state index is 0.0917. The minimum atomic E-state index is -0.754. The van der Waals surface area contributed by atoms with Crippen LogP contribution in [0.4, 0.5) is 42.9 Å². The molecule has 0 amide bonds. The van der Waals surface area contributed by atoms with Gasteiger partial charge in [0.05, 0.1) is 36.5 Å². The van der Waals surface area contributed by atoms with Crippen LogP contribution in [0.5, 0.6) is 0 Å². The van der Waals surface area contributed by atoms with Gasteiger partial charge in [-0.3, -0.25) is 0 Å². The first-order chi connectivity index (χ1) is 45.7. The topological polar surface area (TPSA) is 6.48 Å². The molecule has 0 aromatic heterocycles. The summed E-state index contributed by atoms with van der Waals surface area (Å²) in [5.41, 5.74) is 4.42. The van der Waals surface area contributed by atoms with Gasteiger partial charge in [0.2, 0.25) is 0 Å². The summed E-state index contributed by atoms with van der Waals surface area (Å²) in [5, 5.41) is 10.3. The second-order valence-corrected chi connectivity index (χ2v) is 21.0. The van der Waals surface area contributed by atoms with E-state index in [0.29, 0.717) is 65.7 Å². The Balaban J connectivity index is 1.04. The van der Waals surface area contributed by atoms with Crippen molar-refractivity contribution in [3.8, 4) is 44.5 Å². The van der Waals surface area contributed by atoms with Gasteiger partial charge in [-0.2, -0.15) is 0 Å². The lowest BCUT2D eigenvalue weighted by molar-refractivity contribution is 0.629. The van der Waals surface area contributed by atoms with Crippen molar-refractivity contribution in [3.63, 3.8) is 0 Å². The highest BCUT2D eigenvalue weighted by Gasteiger charge is 2.31. The highest BCUT2D eigenvalue weighted by molar-refractivity contribution is 6.29. The molecule has 0 aliphatic rings. The molecule has 0 atom stereocenters. The van der Waals surface area contributed by atoms with Gasteiger partial charge in [0.25, 0.3) is 0 Å². The molecule has 0 saturated carbocycles.